The largest absolute Gasteiger partial charge is 0.453 e. The third-order valence-electron chi connectivity index (χ3n) is 2.32. The van der Waals surface area contributed by atoms with Crippen LogP contribution in [-0.2, 0) is 14.3 Å². The molecule has 1 aromatic rings. The molecular weight excluding hydrogens is 336 g/mol. The van der Waals surface area contributed by atoms with Crippen molar-refractivity contribution in [2.45, 2.75) is 12.8 Å². The molecule has 0 fully saturated rings. The number of rotatable bonds is 4. The second-order valence-electron chi connectivity index (χ2n) is 3.70. The Morgan fingerprint density at radius 3 is 2.79 bits per heavy atom. The van der Waals surface area contributed by atoms with Crippen LogP contribution in [-0.4, -0.2) is 30.0 Å². The molecule has 100 valence electrons. The summed E-state index contributed by atoms with van der Waals surface area (Å²) in [6.45, 7) is -0.335. The van der Waals surface area contributed by atoms with E-state index in [9.17, 15) is 14.4 Å². The van der Waals surface area contributed by atoms with Crippen molar-refractivity contribution < 1.29 is 19.1 Å². The van der Waals surface area contributed by atoms with E-state index in [4.69, 9.17) is 4.74 Å². The third kappa shape index (κ3) is 3.71. The average Bonchev–Trinajstić information content (AvgIpc) is 2.83. The van der Waals surface area contributed by atoms with Crippen LogP contribution in [0.1, 0.15) is 22.5 Å². The maximum Gasteiger partial charge on any atom is 0.354 e. The Hall–Kier alpha value is -1.54. The highest BCUT2D eigenvalue weighted by Gasteiger charge is 2.20. The second kappa shape index (κ2) is 6.07. The number of ketones is 1. The Bertz CT molecular complexity index is 567. The average molecular weight is 345 g/mol. The summed E-state index contributed by atoms with van der Waals surface area (Å²) in [6, 6.07) is 3.41. The predicted molar refractivity (Wildman–Crippen MR) is 72.1 cm³/mol. The summed E-state index contributed by atoms with van der Waals surface area (Å²) in [4.78, 5) is 34.7. The van der Waals surface area contributed by atoms with Gasteiger partial charge < -0.3 is 4.74 Å². The number of carbonyl (C=O) groups excluding carboxylic acids is 3. The highest BCUT2D eigenvalue weighted by molar-refractivity contribution is 9.11. The number of Topliss-reactive ketones (excluding diaryl/α,β-unsaturated/α-hetero) is 1. The first kappa shape index (κ1) is 13.9. The van der Waals surface area contributed by atoms with Gasteiger partial charge in [0, 0.05) is 12.8 Å². The Morgan fingerprint density at radius 1 is 1.42 bits per heavy atom. The van der Waals surface area contributed by atoms with Gasteiger partial charge >= 0.3 is 5.97 Å². The van der Waals surface area contributed by atoms with Crippen molar-refractivity contribution in [3.63, 3.8) is 0 Å². The van der Waals surface area contributed by atoms with Crippen LogP contribution in [0.2, 0.25) is 0 Å². The van der Waals surface area contributed by atoms with E-state index < -0.39 is 5.97 Å². The summed E-state index contributed by atoms with van der Waals surface area (Å²) in [5, 5.41) is 3.59. The first-order valence-electron chi connectivity index (χ1n) is 5.37. The van der Waals surface area contributed by atoms with Crippen LogP contribution in [0.25, 0.3) is 0 Å². The molecule has 0 spiro atoms. The zero-order chi connectivity index (χ0) is 13.8. The lowest BCUT2D eigenvalue weighted by Crippen LogP contribution is -2.31. The molecule has 2 rings (SSSR count). The fourth-order valence-corrected chi connectivity index (χ4v) is 2.68. The zero-order valence-corrected chi connectivity index (χ0v) is 12.0. The standard InChI is InChI=1S/C11H9BrN2O4S/c12-9-3-2-8(19-9)7(15)5-18-11(17)6-1-4-10(16)14-13-6/h2-3H,1,4-5H2,(H,14,16). The smallest absolute Gasteiger partial charge is 0.354 e. The molecule has 19 heavy (non-hydrogen) atoms. The number of hydrogen-bond donors (Lipinski definition) is 1. The minimum Gasteiger partial charge on any atom is -0.453 e. The van der Waals surface area contributed by atoms with E-state index in [1.54, 1.807) is 12.1 Å². The van der Waals surface area contributed by atoms with Gasteiger partial charge in [0.2, 0.25) is 11.7 Å². The van der Waals surface area contributed by atoms with Gasteiger partial charge in [0.1, 0.15) is 5.71 Å². The van der Waals surface area contributed by atoms with Crippen LogP contribution in [0.5, 0.6) is 0 Å². The molecule has 0 saturated carbocycles. The molecule has 0 aliphatic carbocycles. The Balaban J connectivity index is 1.87. The molecule has 1 aliphatic rings. The topological polar surface area (TPSA) is 84.8 Å². The van der Waals surface area contributed by atoms with Gasteiger partial charge in [-0.15, -0.1) is 11.3 Å². The van der Waals surface area contributed by atoms with Gasteiger partial charge in [0.15, 0.2) is 6.61 Å². The monoisotopic (exact) mass is 344 g/mol. The van der Waals surface area contributed by atoms with Crippen molar-refractivity contribution in [2.75, 3.05) is 6.61 Å². The minimum absolute atomic E-state index is 0.125. The molecule has 1 aliphatic heterocycles. The number of ether oxygens (including phenoxy) is 1. The van der Waals surface area contributed by atoms with Crippen molar-refractivity contribution in [3.8, 4) is 0 Å². The Morgan fingerprint density at radius 2 is 2.21 bits per heavy atom. The molecule has 8 heteroatoms. The highest BCUT2D eigenvalue weighted by atomic mass is 79.9. The van der Waals surface area contributed by atoms with Gasteiger partial charge in [-0.25, -0.2) is 10.2 Å². The minimum atomic E-state index is -0.677. The number of nitrogens with zero attached hydrogens (tertiary/aromatic N) is 1. The molecule has 1 amide bonds. The van der Waals surface area contributed by atoms with Crippen LogP contribution in [0.4, 0.5) is 0 Å². The summed E-state index contributed by atoms with van der Waals surface area (Å²) in [6.07, 6.45) is 0.420. The number of hydrogen-bond acceptors (Lipinski definition) is 6. The quantitative estimate of drug-likeness (QED) is 0.662. The van der Waals surface area contributed by atoms with Crippen molar-refractivity contribution in [1.82, 2.24) is 5.43 Å². The normalized spacial score (nSPS) is 14.6. The molecule has 0 saturated heterocycles. The van der Waals surface area contributed by atoms with E-state index in [0.717, 1.165) is 3.79 Å². The maximum absolute atomic E-state index is 11.7. The van der Waals surface area contributed by atoms with Crippen molar-refractivity contribution in [2.24, 2.45) is 5.10 Å². The first-order chi connectivity index (χ1) is 9.06. The van der Waals surface area contributed by atoms with Crippen molar-refractivity contribution in [3.05, 3.63) is 20.8 Å². The maximum atomic E-state index is 11.7. The van der Waals surface area contributed by atoms with E-state index in [1.165, 1.54) is 11.3 Å². The van der Waals surface area contributed by atoms with E-state index >= 15 is 0 Å². The summed E-state index contributed by atoms with van der Waals surface area (Å²) >= 11 is 4.52. The van der Waals surface area contributed by atoms with Crippen LogP contribution < -0.4 is 5.43 Å². The van der Waals surface area contributed by atoms with Crippen LogP contribution in [0.15, 0.2) is 21.0 Å². The summed E-state index contributed by atoms with van der Waals surface area (Å²) in [5.74, 6) is -1.19. The lowest BCUT2D eigenvalue weighted by atomic mass is 10.2. The predicted octanol–water partition coefficient (Wildman–Crippen LogP) is 1.50. The molecule has 0 unspecified atom stereocenters. The number of nitrogens with one attached hydrogen (secondary N) is 1. The van der Waals surface area contributed by atoms with Crippen molar-refractivity contribution >= 4 is 50.6 Å². The fourth-order valence-electron chi connectivity index (χ4n) is 1.37. The summed E-state index contributed by atoms with van der Waals surface area (Å²) in [5.41, 5.74) is 2.32. The molecule has 0 radical (unpaired) electrons. The third-order valence-corrected chi connectivity index (χ3v) is 3.99. The summed E-state index contributed by atoms with van der Waals surface area (Å²) in [7, 11) is 0. The van der Waals surface area contributed by atoms with Gasteiger partial charge in [-0.1, -0.05) is 0 Å². The molecule has 1 N–H and O–H groups in total. The van der Waals surface area contributed by atoms with E-state index in [1.807, 2.05) is 0 Å². The molecule has 1 aromatic heterocycles. The van der Waals surface area contributed by atoms with E-state index in [2.05, 4.69) is 26.5 Å². The van der Waals surface area contributed by atoms with Crippen LogP contribution >= 0.6 is 27.3 Å². The Labute approximate surface area is 121 Å². The number of hydrazone groups is 1. The van der Waals surface area contributed by atoms with Gasteiger partial charge in [-0.05, 0) is 28.1 Å². The van der Waals surface area contributed by atoms with Crippen LogP contribution in [0, 0.1) is 0 Å². The van der Waals surface area contributed by atoms with Gasteiger partial charge in [0.05, 0.1) is 8.66 Å². The molecule has 2 heterocycles. The van der Waals surface area contributed by atoms with E-state index in [0.29, 0.717) is 4.88 Å². The fraction of sp³-hybridized carbons (Fsp3) is 0.273. The highest BCUT2D eigenvalue weighted by Crippen LogP contribution is 2.22. The lowest BCUT2D eigenvalue weighted by molar-refractivity contribution is -0.134. The lowest BCUT2D eigenvalue weighted by Gasteiger charge is -2.10. The van der Waals surface area contributed by atoms with Gasteiger partial charge in [-0.3, -0.25) is 9.59 Å². The molecule has 0 aromatic carbocycles. The van der Waals surface area contributed by atoms with E-state index in [-0.39, 0.29) is 36.9 Å². The number of thiophene rings is 1. The second-order valence-corrected chi connectivity index (χ2v) is 6.16. The van der Waals surface area contributed by atoms with Gasteiger partial charge in [0.25, 0.3) is 0 Å². The van der Waals surface area contributed by atoms with Crippen molar-refractivity contribution in [1.29, 1.82) is 0 Å². The number of halogens is 1. The molecule has 0 atom stereocenters. The van der Waals surface area contributed by atoms with Gasteiger partial charge in [-0.2, -0.15) is 5.10 Å². The molecular formula is C11H9BrN2O4S. The SMILES string of the molecule is O=C1CCC(C(=O)OCC(=O)c2ccc(Br)s2)=NN1. The van der Waals surface area contributed by atoms with Crippen LogP contribution in [0.3, 0.4) is 0 Å². The molecule has 6 nitrogen and oxygen atoms in total. The Kier molecular flexibility index (Phi) is 4.43. The zero-order valence-electron chi connectivity index (χ0n) is 9.64. The number of amides is 1. The molecule has 0 bridgehead atoms. The number of carbonyl (C=O) groups is 3. The number of esters is 1. The first-order valence-corrected chi connectivity index (χ1v) is 6.98. The summed E-state index contributed by atoms with van der Waals surface area (Å²) < 4.78 is 5.70.